The quantitative estimate of drug-likeness (QED) is 0.634. The fourth-order valence-electron chi connectivity index (χ4n) is 1.85. The Morgan fingerprint density at radius 3 is 2.17 bits per heavy atom. The van der Waals surface area contributed by atoms with E-state index in [4.69, 9.17) is 0 Å². The molecule has 3 heteroatoms. The maximum atomic E-state index is 11.2. The van der Waals surface area contributed by atoms with Crippen molar-refractivity contribution >= 4 is 5.91 Å². The Hall–Kier alpha value is -0.570. The highest BCUT2D eigenvalue weighted by molar-refractivity contribution is 5.78. The number of hydrogen-bond donors (Lipinski definition) is 2. The van der Waals surface area contributed by atoms with Crippen molar-refractivity contribution in [2.75, 3.05) is 14.1 Å². The van der Waals surface area contributed by atoms with Gasteiger partial charge in [-0.25, -0.2) is 0 Å². The SMILES string of the molecule is CNC(=O)C1CCC(NC)CC1. The lowest BCUT2D eigenvalue weighted by molar-refractivity contribution is -0.125. The van der Waals surface area contributed by atoms with E-state index in [0.717, 1.165) is 25.7 Å². The average Bonchev–Trinajstić information content (AvgIpc) is 2.17. The van der Waals surface area contributed by atoms with Gasteiger partial charge in [-0.3, -0.25) is 4.79 Å². The predicted octanol–water partition coefficient (Wildman–Crippen LogP) is 0.511. The minimum atomic E-state index is 0.213. The Labute approximate surface area is 73.9 Å². The van der Waals surface area contributed by atoms with Crippen LogP contribution in [0.1, 0.15) is 25.7 Å². The zero-order chi connectivity index (χ0) is 8.97. The van der Waals surface area contributed by atoms with E-state index in [1.165, 1.54) is 0 Å². The van der Waals surface area contributed by atoms with Crippen molar-refractivity contribution in [3.63, 3.8) is 0 Å². The third-order valence-corrected chi connectivity index (χ3v) is 2.75. The van der Waals surface area contributed by atoms with Gasteiger partial charge in [-0.1, -0.05) is 0 Å². The second-order valence-electron chi connectivity index (χ2n) is 3.45. The van der Waals surface area contributed by atoms with Crippen LogP contribution < -0.4 is 10.6 Å². The van der Waals surface area contributed by atoms with Gasteiger partial charge in [0.25, 0.3) is 0 Å². The second-order valence-corrected chi connectivity index (χ2v) is 3.45. The van der Waals surface area contributed by atoms with Gasteiger partial charge in [0.05, 0.1) is 0 Å². The van der Waals surface area contributed by atoms with E-state index in [2.05, 4.69) is 10.6 Å². The van der Waals surface area contributed by atoms with E-state index < -0.39 is 0 Å². The van der Waals surface area contributed by atoms with E-state index in [0.29, 0.717) is 6.04 Å². The van der Waals surface area contributed by atoms with Crippen LogP contribution in [0.15, 0.2) is 0 Å². The molecule has 12 heavy (non-hydrogen) atoms. The molecule has 0 atom stereocenters. The predicted molar refractivity (Wildman–Crippen MR) is 48.9 cm³/mol. The lowest BCUT2D eigenvalue weighted by Crippen LogP contribution is -2.36. The minimum Gasteiger partial charge on any atom is -0.359 e. The second kappa shape index (κ2) is 4.45. The number of nitrogens with one attached hydrogen (secondary N) is 2. The maximum Gasteiger partial charge on any atom is 0.222 e. The molecule has 0 heterocycles. The molecule has 0 aromatic heterocycles. The third-order valence-electron chi connectivity index (χ3n) is 2.75. The Kier molecular flexibility index (Phi) is 3.53. The Bertz CT molecular complexity index is 151. The molecule has 0 spiro atoms. The monoisotopic (exact) mass is 170 g/mol. The number of rotatable bonds is 2. The van der Waals surface area contributed by atoms with E-state index in [1.54, 1.807) is 7.05 Å². The van der Waals surface area contributed by atoms with Gasteiger partial charge in [-0.2, -0.15) is 0 Å². The molecule has 0 radical (unpaired) electrons. The van der Waals surface area contributed by atoms with Gasteiger partial charge in [0, 0.05) is 19.0 Å². The van der Waals surface area contributed by atoms with Crippen molar-refractivity contribution in [1.29, 1.82) is 0 Å². The molecule has 0 unspecified atom stereocenters. The topological polar surface area (TPSA) is 41.1 Å². The van der Waals surface area contributed by atoms with Crippen molar-refractivity contribution < 1.29 is 4.79 Å². The Balaban J connectivity index is 2.30. The van der Waals surface area contributed by atoms with Crippen LogP contribution in [0, 0.1) is 5.92 Å². The largest absolute Gasteiger partial charge is 0.359 e. The van der Waals surface area contributed by atoms with Gasteiger partial charge in [-0.05, 0) is 32.7 Å². The summed E-state index contributed by atoms with van der Waals surface area (Å²) in [7, 11) is 3.71. The van der Waals surface area contributed by atoms with E-state index in [9.17, 15) is 4.79 Å². The zero-order valence-corrected chi connectivity index (χ0v) is 7.89. The lowest BCUT2D eigenvalue weighted by Gasteiger charge is -2.26. The molecular weight excluding hydrogens is 152 g/mol. The third kappa shape index (κ3) is 2.21. The summed E-state index contributed by atoms with van der Waals surface area (Å²) in [5.74, 6) is 0.476. The number of carbonyl (C=O) groups excluding carboxylic acids is 1. The summed E-state index contributed by atoms with van der Waals surface area (Å²) in [5.41, 5.74) is 0. The molecule has 0 saturated heterocycles. The Morgan fingerprint density at radius 1 is 1.17 bits per heavy atom. The van der Waals surface area contributed by atoms with Crippen LogP contribution in [0.4, 0.5) is 0 Å². The zero-order valence-electron chi connectivity index (χ0n) is 7.89. The molecule has 0 aromatic rings. The van der Waals surface area contributed by atoms with Gasteiger partial charge >= 0.3 is 0 Å². The highest BCUT2D eigenvalue weighted by atomic mass is 16.1. The van der Waals surface area contributed by atoms with Crippen molar-refractivity contribution in [1.82, 2.24) is 10.6 Å². The molecule has 2 N–H and O–H groups in total. The van der Waals surface area contributed by atoms with E-state index >= 15 is 0 Å². The summed E-state index contributed by atoms with van der Waals surface area (Å²) in [4.78, 5) is 11.2. The summed E-state index contributed by atoms with van der Waals surface area (Å²) in [6, 6.07) is 0.630. The first kappa shape index (κ1) is 9.52. The van der Waals surface area contributed by atoms with Crippen LogP contribution in [-0.4, -0.2) is 26.0 Å². The molecule has 1 saturated carbocycles. The minimum absolute atomic E-state index is 0.213. The molecule has 70 valence electrons. The van der Waals surface area contributed by atoms with Crippen molar-refractivity contribution in [3.8, 4) is 0 Å². The Morgan fingerprint density at radius 2 is 1.75 bits per heavy atom. The highest BCUT2D eigenvalue weighted by Crippen LogP contribution is 2.23. The van der Waals surface area contributed by atoms with Gasteiger partial charge in [0.1, 0.15) is 0 Å². The summed E-state index contributed by atoms with van der Waals surface area (Å²) in [5, 5.41) is 5.96. The fourth-order valence-corrected chi connectivity index (χ4v) is 1.85. The van der Waals surface area contributed by atoms with Crippen LogP contribution in [0.2, 0.25) is 0 Å². The van der Waals surface area contributed by atoms with E-state index in [-0.39, 0.29) is 11.8 Å². The van der Waals surface area contributed by atoms with Crippen LogP contribution in [0.25, 0.3) is 0 Å². The molecule has 0 aliphatic heterocycles. The molecular formula is C9H18N2O. The molecule has 1 rings (SSSR count). The van der Waals surface area contributed by atoms with Gasteiger partial charge in [0.2, 0.25) is 5.91 Å². The summed E-state index contributed by atoms with van der Waals surface area (Å²) < 4.78 is 0. The van der Waals surface area contributed by atoms with Crippen molar-refractivity contribution in [2.45, 2.75) is 31.7 Å². The molecule has 1 fully saturated rings. The van der Waals surface area contributed by atoms with Crippen molar-refractivity contribution in [2.24, 2.45) is 5.92 Å². The van der Waals surface area contributed by atoms with Gasteiger partial charge < -0.3 is 10.6 Å². The number of carbonyl (C=O) groups is 1. The van der Waals surface area contributed by atoms with Crippen LogP contribution in [-0.2, 0) is 4.79 Å². The van der Waals surface area contributed by atoms with Crippen LogP contribution in [0.5, 0.6) is 0 Å². The first-order valence-corrected chi connectivity index (χ1v) is 4.66. The first-order chi connectivity index (χ1) is 5.77. The molecule has 3 nitrogen and oxygen atoms in total. The smallest absolute Gasteiger partial charge is 0.222 e. The number of hydrogen-bond acceptors (Lipinski definition) is 2. The fraction of sp³-hybridized carbons (Fsp3) is 0.889. The normalized spacial score (nSPS) is 29.8. The molecule has 1 aliphatic carbocycles. The molecule has 1 amide bonds. The first-order valence-electron chi connectivity index (χ1n) is 4.66. The van der Waals surface area contributed by atoms with Crippen molar-refractivity contribution in [3.05, 3.63) is 0 Å². The van der Waals surface area contributed by atoms with Crippen LogP contribution >= 0.6 is 0 Å². The van der Waals surface area contributed by atoms with Gasteiger partial charge in [0.15, 0.2) is 0 Å². The molecule has 0 aromatic carbocycles. The average molecular weight is 170 g/mol. The summed E-state index contributed by atoms with van der Waals surface area (Å²) in [6.45, 7) is 0. The molecule has 0 bridgehead atoms. The maximum absolute atomic E-state index is 11.2. The standard InChI is InChI=1S/C9H18N2O/c1-10-8-5-3-7(4-6-8)9(12)11-2/h7-8,10H,3-6H2,1-2H3,(H,11,12). The van der Waals surface area contributed by atoms with E-state index in [1.807, 2.05) is 7.05 Å². The summed E-state index contributed by atoms with van der Waals surface area (Å²) >= 11 is 0. The van der Waals surface area contributed by atoms with Crippen LogP contribution in [0.3, 0.4) is 0 Å². The summed E-state index contributed by atoms with van der Waals surface area (Å²) in [6.07, 6.45) is 4.33. The highest BCUT2D eigenvalue weighted by Gasteiger charge is 2.24. The molecule has 1 aliphatic rings. The van der Waals surface area contributed by atoms with Gasteiger partial charge in [-0.15, -0.1) is 0 Å². The lowest BCUT2D eigenvalue weighted by atomic mass is 9.85. The number of amides is 1.